The first kappa shape index (κ1) is 8.39. The van der Waals surface area contributed by atoms with Crippen molar-refractivity contribution in [2.75, 3.05) is 7.11 Å². The van der Waals surface area contributed by atoms with Gasteiger partial charge in [-0.15, -0.1) is 0 Å². The number of methoxy groups -OCH3 is 1. The number of carbonyl (C=O) groups excluding carboxylic acids is 2. The van der Waals surface area contributed by atoms with Gasteiger partial charge >= 0.3 is 0 Å². The van der Waals surface area contributed by atoms with Crippen molar-refractivity contribution >= 4 is 12.1 Å². The number of carbonyl (C=O) groups is 2. The molecule has 0 aliphatic heterocycles. The fraction of sp³-hybridized carbons (Fsp3) is 0.125. The zero-order chi connectivity index (χ0) is 8.97. The Labute approximate surface area is 69.2 Å². The number of aromatic nitrogens is 1. The molecule has 0 unspecified atom stereocenters. The molecule has 0 N–H and O–H groups in total. The van der Waals surface area contributed by atoms with E-state index in [1.165, 1.54) is 13.3 Å². The van der Waals surface area contributed by atoms with Crippen LogP contribution in [0.1, 0.15) is 10.5 Å². The average Bonchev–Trinajstić information content (AvgIpc) is 2.16. The third-order valence-electron chi connectivity index (χ3n) is 1.33. The molecule has 1 rings (SSSR count). The number of nitrogens with zero attached hydrogens (tertiary/aromatic N) is 1. The van der Waals surface area contributed by atoms with Gasteiger partial charge in [-0.1, -0.05) is 0 Å². The zero-order valence-electron chi connectivity index (χ0n) is 6.48. The van der Waals surface area contributed by atoms with Gasteiger partial charge in [0, 0.05) is 6.20 Å². The Balaban J connectivity index is 3.13. The molecule has 0 aromatic carbocycles. The van der Waals surface area contributed by atoms with E-state index in [1.807, 2.05) is 0 Å². The summed E-state index contributed by atoms with van der Waals surface area (Å²) in [6, 6.07) is 3.20. The van der Waals surface area contributed by atoms with Crippen molar-refractivity contribution in [1.82, 2.24) is 4.98 Å². The van der Waals surface area contributed by atoms with Gasteiger partial charge in [-0.05, 0) is 12.1 Å². The summed E-state index contributed by atoms with van der Waals surface area (Å²) in [5, 5.41) is 0. The van der Waals surface area contributed by atoms with Crippen LogP contribution in [0.4, 0.5) is 0 Å². The summed E-state index contributed by atoms with van der Waals surface area (Å²) in [6.45, 7) is 0. The highest BCUT2D eigenvalue weighted by molar-refractivity contribution is 6.33. The second-order valence-electron chi connectivity index (χ2n) is 2.04. The highest BCUT2D eigenvalue weighted by Gasteiger charge is 2.10. The Morgan fingerprint density at radius 2 is 2.42 bits per heavy atom. The highest BCUT2D eigenvalue weighted by atomic mass is 16.5. The molecular formula is C8H7NO3. The number of ether oxygens (including phenoxy) is 1. The Hall–Kier alpha value is -1.71. The number of pyridine rings is 1. The molecule has 62 valence electrons. The van der Waals surface area contributed by atoms with E-state index in [2.05, 4.69) is 4.98 Å². The lowest BCUT2D eigenvalue weighted by atomic mass is 10.2. The molecule has 0 aliphatic rings. The summed E-state index contributed by atoms with van der Waals surface area (Å²) < 4.78 is 4.83. The molecular weight excluding hydrogens is 158 g/mol. The van der Waals surface area contributed by atoms with Gasteiger partial charge in [0.25, 0.3) is 0 Å². The van der Waals surface area contributed by atoms with Crippen molar-refractivity contribution in [1.29, 1.82) is 0 Å². The van der Waals surface area contributed by atoms with E-state index in [1.54, 1.807) is 12.1 Å². The van der Waals surface area contributed by atoms with Crippen LogP contribution in [0.3, 0.4) is 0 Å². The molecule has 4 nitrogen and oxygen atoms in total. The maximum Gasteiger partial charge on any atom is 0.247 e. The molecule has 0 radical (unpaired) electrons. The van der Waals surface area contributed by atoms with E-state index in [-0.39, 0.29) is 12.0 Å². The number of hydrogen-bond acceptors (Lipinski definition) is 4. The fourth-order valence-electron chi connectivity index (χ4n) is 0.796. The summed E-state index contributed by atoms with van der Waals surface area (Å²) in [7, 11) is 1.42. The van der Waals surface area contributed by atoms with E-state index in [0.29, 0.717) is 5.75 Å². The zero-order valence-corrected chi connectivity index (χ0v) is 6.48. The van der Waals surface area contributed by atoms with Crippen LogP contribution in [0.5, 0.6) is 5.75 Å². The van der Waals surface area contributed by atoms with Crippen LogP contribution < -0.4 is 4.74 Å². The Morgan fingerprint density at radius 1 is 1.67 bits per heavy atom. The third-order valence-corrected chi connectivity index (χ3v) is 1.33. The van der Waals surface area contributed by atoms with Gasteiger partial charge in [0.2, 0.25) is 5.78 Å². The Bertz CT molecular complexity index is 309. The van der Waals surface area contributed by atoms with Crippen LogP contribution >= 0.6 is 0 Å². The predicted octanol–water partition coefficient (Wildman–Crippen LogP) is 0.472. The largest absolute Gasteiger partial charge is 0.494 e. The second kappa shape index (κ2) is 3.61. The first-order chi connectivity index (χ1) is 5.79. The minimum absolute atomic E-state index is 0.0509. The summed E-state index contributed by atoms with van der Waals surface area (Å²) in [4.78, 5) is 24.7. The van der Waals surface area contributed by atoms with Crippen LogP contribution in [-0.4, -0.2) is 24.2 Å². The number of rotatable bonds is 3. The molecule has 0 spiro atoms. The summed E-state index contributed by atoms with van der Waals surface area (Å²) in [5.74, 6) is -0.359. The predicted molar refractivity (Wildman–Crippen MR) is 41.2 cm³/mol. The molecule has 0 saturated carbocycles. The van der Waals surface area contributed by atoms with Crippen LogP contribution in [0.2, 0.25) is 0 Å². The molecule has 0 aliphatic carbocycles. The SMILES string of the molecule is COc1cccnc1C(=O)C=O. The fourth-order valence-corrected chi connectivity index (χ4v) is 0.796. The maximum atomic E-state index is 10.9. The molecule has 4 heteroatoms. The smallest absolute Gasteiger partial charge is 0.247 e. The lowest BCUT2D eigenvalue weighted by molar-refractivity contribution is -0.104. The summed E-state index contributed by atoms with van der Waals surface area (Å²) in [5.41, 5.74) is 0.0509. The minimum atomic E-state index is -0.674. The molecule has 0 atom stereocenters. The minimum Gasteiger partial charge on any atom is -0.494 e. The van der Waals surface area contributed by atoms with Crippen LogP contribution in [-0.2, 0) is 4.79 Å². The number of hydrogen-bond donors (Lipinski definition) is 0. The van der Waals surface area contributed by atoms with Gasteiger partial charge in [-0.2, -0.15) is 0 Å². The highest BCUT2D eigenvalue weighted by Crippen LogP contribution is 2.13. The van der Waals surface area contributed by atoms with E-state index in [9.17, 15) is 9.59 Å². The number of ketones is 1. The Kier molecular flexibility index (Phi) is 2.53. The van der Waals surface area contributed by atoms with Crippen molar-refractivity contribution < 1.29 is 14.3 Å². The monoisotopic (exact) mass is 165 g/mol. The summed E-state index contributed by atoms with van der Waals surface area (Å²) in [6.07, 6.45) is 1.64. The van der Waals surface area contributed by atoms with E-state index in [4.69, 9.17) is 4.74 Å². The van der Waals surface area contributed by atoms with Gasteiger partial charge in [-0.3, -0.25) is 9.59 Å². The molecule has 0 saturated heterocycles. The molecule has 0 amide bonds. The molecule has 0 bridgehead atoms. The van der Waals surface area contributed by atoms with Crippen molar-refractivity contribution in [2.45, 2.75) is 0 Å². The quantitative estimate of drug-likeness (QED) is 0.371. The Morgan fingerprint density at radius 3 is 3.00 bits per heavy atom. The first-order valence-corrected chi connectivity index (χ1v) is 3.28. The van der Waals surface area contributed by atoms with E-state index < -0.39 is 5.78 Å². The van der Waals surface area contributed by atoms with Gasteiger partial charge in [0.05, 0.1) is 7.11 Å². The molecule has 0 fully saturated rings. The summed E-state index contributed by atoms with van der Waals surface area (Å²) >= 11 is 0. The standard InChI is InChI=1S/C8H7NO3/c1-12-7-3-2-4-9-8(7)6(11)5-10/h2-5H,1H3. The molecule has 1 heterocycles. The third kappa shape index (κ3) is 1.47. The average molecular weight is 165 g/mol. The van der Waals surface area contributed by atoms with E-state index >= 15 is 0 Å². The van der Waals surface area contributed by atoms with Crippen LogP contribution in [0, 0.1) is 0 Å². The number of aldehydes is 1. The van der Waals surface area contributed by atoms with E-state index in [0.717, 1.165) is 0 Å². The lowest BCUT2D eigenvalue weighted by Gasteiger charge is -2.01. The van der Waals surface area contributed by atoms with Crippen molar-refractivity contribution in [2.24, 2.45) is 0 Å². The van der Waals surface area contributed by atoms with Gasteiger partial charge in [0.15, 0.2) is 12.0 Å². The van der Waals surface area contributed by atoms with Gasteiger partial charge in [-0.25, -0.2) is 4.98 Å². The van der Waals surface area contributed by atoms with Crippen LogP contribution in [0.25, 0.3) is 0 Å². The van der Waals surface area contributed by atoms with Crippen molar-refractivity contribution in [3.05, 3.63) is 24.0 Å². The topological polar surface area (TPSA) is 56.3 Å². The van der Waals surface area contributed by atoms with Gasteiger partial charge in [0.1, 0.15) is 5.75 Å². The first-order valence-electron chi connectivity index (χ1n) is 3.28. The normalized spacial score (nSPS) is 9.08. The van der Waals surface area contributed by atoms with Crippen LogP contribution in [0.15, 0.2) is 18.3 Å². The lowest BCUT2D eigenvalue weighted by Crippen LogP contribution is -2.05. The van der Waals surface area contributed by atoms with Gasteiger partial charge < -0.3 is 4.74 Å². The molecule has 12 heavy (non-hydrogen) atoms. The van der Waals surface area contributed by atoms with Crippen molar-refractivity contribution in [3.63, 3.8) is 0 Å². The molecule has 1 aromatic heterocycles. The van der Waals surface area contributed by atoms with Crippen molar-refractivity contribution in [3.8, 4) is 5.75 Å². The number of Topliss-reactive ketones (excluding diaryl/α,β-unsaturated/α-hetero) is 1. The molecule has 1 aromatic rings. The second-order valence-corrected chi connectivity index (χ2v) is 2.04. The maximum absolute atomic E-state index is 10.9.